The van der Waals surface area contributed by atoms with Crippen molar-refractivity contribution in [1.29, 1.82) is 0 Å². The Morgan fingerprint density at radius 3 is 2.47 bits per heavy atom. The molecule has 4 aromatic rings. The molecule has 2 heterocycles. The molecule has 0 saturated heterocycles. The second-order valence-corrected chi connectivity index (χ2v) is 8.24. The van der Waals surface area contributed by atoms with Gasteiger partial charge in [-0.25, -0.2) is 9.48 Å². The van der Waals surface area contributed by atoms with Gasteiger partial charge in [0.05, 0.1) is 0 Å². The van der Waals surface area contributed by atoms with Gasteiger partial charge in [-0.15, -0.1) is 5.10 Å². The number of nitrogens with one attached hydrogen (secondary N) is 1. The SMILES string of the molecule is Cc1ccc(Sc2ccc3nn(CC(=O)Nc4ccc(C)c(C)c4)c(=O)n3n2)cc1. The Morgan fingerprint density at radius 2 is 1.73 bits per heavy atom. The van der Waals surface area contributed by atoms with E-state index in [2.05, 4.69) is 15.5 Å². The lowest BCUT2D eigenvalue weighted by Crippen LogP contribution is -2.28. The van der Waals surface area contributed by atoms with E-state index in [-0.39, 0.29) is 12.5 Å². The van der Waals surface area contributed by atoms with Crippen molar-refractivity contribution in [3.05, 3.63) is 81.8 Å². The molecule has 152 valence electrons. The highest BCUT2D eigenvalue weighted by atomic mass is 32.2. The highest BCUT2D eigenvalue weighted by molar-refractivity contribution is 7.99. The summed E-state index contributed by atoms with van der Waals surface area (Å²) in [6, 6.07) is 17.3. The van der Waals surface area contributed by atoms with E-state index >= 15 is 0 Å². The fourth-order valence-electron chi connectivity index (χ4n) is 2.93. The van der Waals surface area contributed by atoms with Gasteiger partial charge in [0.1, 0.15) is 11.6 Å². The number of fused-ring (bicyclic) bond motifs is 1. The van der Waals surface area contributed by atoms with Crippen LogP contribution in [0.5, 0.6) is 0 Å². The summed E-state index contributed by atoms with van der Waals surface area (Å²) in [5, 5.41) is 12.1. The fourth-order valence-corrected chi connectivity index (χ4v) is 3.70. The van der Waals surface area contributed by atoms with Crippen molar-refractivity contribution in [1.82, 2.24) is 19.4 Å². The lowest BCUT2D eigenvalue weighted by atomic mass is 10.1. The van der Waals surface area contributed by atoms with E-state index in [1.807, 2.05) is 69.3 Å². The van der Waals surface area contributed by atoms with Gasteiger partial charge in [0.25, 0.3) is 0 Å². The molecule has 0 saturated carbocycles. The quantitative estimate of drug-likeness (QED) is 0.534. The molecule has 0 atom stereocenters. The standard InChI is InChI=1S/C22H21N5O2S/c1-14-4-8-18(9-5-14)30-21-11-10-19-24-26(22(29)27(19)25-21)13-20(28)23-17-7-6-15(2)16(3)12-17/h4-12H,13H2,1-3H3,(H,23,28). The van der Waals surface area contributed by atoms with Crippen LogP contribution in [0.3, 0.4) is 0 Å². The second kappa shape index (κ2) is 8.16. The Bertz CT molecular complexity index is 1290. The predicted octanol–water partition coefficient (Wildman–Crippen LogP) is 3.61. The maximum absolute atomic E-state index is 12.7. The third-order valence-corrected chi connectivity index (χ3v) is 5.68. The first-order valence-corrected chi connectivity index (χ1v) is 10.3. The molecular formula is C22H21N5O2S. The average molecular weight is 420 g/mol. The Hall–Kier alpha value is -3.39. The third kappa shape index (κ3) is 4.28. The summed E-state index contributed by atoms with van der Waals surface area (Å²) in [6.45, 7) is 5.84. The zero-order valence-electron chi connectivity index (χ0n) is 16.9. The van der Waals surface area contributed by atoms with Gasteiger partial charge >= 0.3 is 5.69 Å². The highest BCUT2D eigenvalue weighted by Crippen LogP contribution is 2.25. The van der Waals surface area contributed by atoms with Gasteiger partial charge in [0, 0.05) is 10.6 Å². The van der Waals surface area contributed by atoms with Crippen LogP contribution >= 0.6 is 11.8 Å². The number of hydrogen-bond donors (Lipinski definition) is 1. The van der Waals surface area contributed by atoms with Crippen molar-refractivity contribution in [2.75, 3.05) is 5.32 Å². The number of hydrogen-bond acceptors (Lipinski definition) is 5. The van der Waals surface area contributed by atoms with Crippen LogP contribution in [0.1, 0.15) is 16.7 Å². The van der Waals surface area contributed by atoms with E-state index in [1.54, 1.807) is 6.07 Å². The van der Waals surface area contributed by atoms with E-state index in [1.165, 1.54) is 21.8 Å². The highest BCUT2D eigenvalue weighted by Gasteiger charge is 2.13. The Labute approximate surface area is 177 Å². The van der Waals surface area contributed by atoms with Crippen LogP contribution in [0.2, 0.25) is 0 Å². The van der Waals surface area contributed by atoms with Gasteiger partial charge in [0.15, 0.2) is 5.65 Å². The maximum atomic E-state index is 12.7. The van der Waals surface area contributed by atoms with Crippen LogP contribution in [0.15, 0.2) is 69.3 Å². The molecule has 2 aromatic heterocycles. The number of amides is 1. The van der Waals surface area contributed by atoms with Crippen molar-refractivity contribution < 1.29 is 4.79 Å². The first-order valence-electron chi connectivity index (χ1n) is 9.47. The Balaban J connectivity index is 1.52. The topological polar surface area (TPSA) is 81.3 Å². The first kappa shape index (κ1) is 19.9. The lowest BCUT2D eigenvalue weighted by molar-refractivity contribution is -0.117. The minimum Gasteiger partial charge on any atom is -0.324 e. The first-order chi connectivity index (χ1) is 14.4. The largest absolute Gasteiger partial charge is 0.367 e. The van der Waals surface area contributed by atoms with Gasteiger partial charge in [-0.2, -0.15) is 9.61 Å². The monoisotopic (exact) mass is 419 g/mol. The Morgan fingerprint density at radius 1 is 0.967 bits per heavy atom. The minimum absolute atomic E-state index is 0.185. The van der Waals surface area contributed by atoms with Crippen LogP contribution in [0, 0.1) is 20.8 Å². The number of benzene rings is 2. The van der Waals surface area contributed by atoms with Gasteiger partial charge in [-0.3, -0.25) is 4.79 Å². The molecule has 0 spiro atoms. The average Bonchev–Trinajstić information content (AvgIpc) is 3.02. The molecule has 8 heteroatoms. The summed E-state index contributed by atoms with van der Waals surface area (Å²) < 4.78 is 2.35. The van der Waals surface area contributed by atoms with Crippen molar-refractivity contribution in [3.63, 3.8) is 0 Å². The van der Waals surface area contributed by atoms with E-state index in [0.29, 0.717) is 16.4 Å². The van der Waals surface area contributed by atoms with Crippen molar-refractivity contribution in [2.24, 2.45) is 0 Å². The Kier molecular flexibility index (Phi) is 5.41. The fraction of sp³-hybridized carbons (Fsp3) is 0.182. The summed E-state index contributed by atoms with van der Waals surface area (Å²) in [5.74, 6) is -0.321. The van der Waals surface area contributed by atoms with Gasteiger partial charge in [0.2, 0.25) is 5.91 Å². The molecule has 0 aliphatic carbocycles. The van der Waals surface area contributed by atoms with Gasteiger partial charge < -0.3 is 5.32 Å². The van der Waals surface area contributed by atoms with Crippen LogP contribution in [0.4, 0.5) is 5.69 Å². The maximum Gasteiger partial charge on any atom is 0.367 e. The second-order valence-electron chi connectivity index (χ2n) is 7.14. The van der Waals surface area contributed by atoms with Crippen molar-refractivity contribution in [3.8, 4) is 0 Å². The van der Waals surface area contributed by atoms with Crippen LogP contribution in [-0.4, -0.2) is 25.3 Å². The predicted molar refractivity (Wildman–Crippen MR) is 117 cm³/mol. The normalized spacial score (nSPS) is 11.0. The number of aromatic nitrogens is 4. The van der Waals surface area contributed by atoms with Gasteiger partial charge in [-0.05, 0) is 68.3 Å². The van der Waals surface area contributed by atoms with E-state index in [9.17, 15) is 9.59 Å². The molecule has 4 rings (SSSR count). The van der Waals surface area contributed by atoms with Gasteiger partial charge in [-0.1, -0.05) is 35.5 Å². The summed E-state index contributed by atoms with van der Waals surface area (Å²) >= 11 is 1.46. The molecule has 0 unspecified atom stereocenters. The molecule has 0 fully saturated rings. The van der Waals surface area contributed by atoms with Crippen molar-refractivity contribution >= 4 is 29.0 Å². The molecule has 0 radical (unpaired) electrons. The molecule has 1 N–H and O–H groups in total. The number of rotatable bonds is 5. The zero-order chi connectivity index (χ0) is 21.3. The molecule has 7 nitrogen and oxygen atoms in total. The van der Waals surface area contributed by atoms with E-state index < -0.39 is 5.69 Å². The summed E-state index contributed by atoms with van der Waals surface area (Å²) in [5.41, 5.74) is 4.04. The van der Waals surface area contributed by atoms with Crippen LogP contribution in [0.25, 0.3) is 5.65 Å². The third-order valence-electron chi connectivity index (χ3n) is 4.74. The molecule has 0 aliphatic heterocycles. The molecule has 30 heavy (non-hydrogen) atoms. The summed E-state index contributed by atoms with van der Waals surface area (Å²) in [7, 11) is 0. The molecule has 1 amide bonds. The molecule has 2 aromatic carbocycles. The van der Waals surface area contributed by atoms with Crippen LogP contribution in [-0.2, 0) is 11.3 Å². The number of anilines is 1. The summed E-state index contributed by atoms with van der Waals surface area (Å²) in [4.78, 5) is 26.1. The molecular weight excluding hydrogens is 398 g/mol. The number of carbonyl (C=O) groups excluding carboxylic acids is 1. The number of aryl methyl sites for hydroxylation is 3. The molecule has 0 bridgehead atoms. The van der Waals surface area contributed by atoms with E-state index in [0.717, 1.165) is 20.7 Å². The molecule has 0 aliphatic rings. The zero-order valence-corrected chi connectivity index (χ0v) is 17.7. The van der Waals surface area contributed by atoms with E-state index in [4.69, 9.17) is 0 Å². The smallest absolute Gasteiger partial charge is 0.324 e. The number of nitrogens with zero attached hydrogens (tertiary/aromatic N) is 4. The lowest BCUT2D eigenvalue weighted by Gasteiger charge is -2.07. The van der Waals surface area contributed by atoms with Crippen LogP contribution < -0.4 is 11.0 Å². The minimum atomic E-state index is -0.452. The summed E-state index contributed by atoms with van der Waals surface area (Å²) in [6.07, 6.45) is 0. The number of carbonyl (C=O) groups is 1. The van der Waals surface area contributed by atoms with Crippen molar-refractivity contribution in [2.45, 2.75) is 37.2 Å².